The molecule has 198 valence electrons. The second-order valence-corrected chi connectivity index (χ2v) is 10.5. The number of hydrogen-bond donors (Lipinski definition) is 0. The average molecular weight is 515 g/mol. The Labute approximate surface area is 236 Å². The van der Waals surface area contributed by atoms with Gasteiger partial charge in [-0.05, 0) is 0 Å². The van der Waals surface area contributed by atoms with Crippen LogP contribution in [0.2, 0.25) is 0 Å². The maximum Gasteiger partial charge on any atom is 2.00 e. The Morgan fingerprint density at radius 1 is 0.457 bits per heavy atom. The third-order valence-corrected chi connectivity index (χ3v) is 7.13. The summed E-state index contributed by atoms with van der Waals surface area (Å²) in [6.45, 7) is 4.57. The van der Waals surface area contributed by atoms with Crippen molar-refractivity contribution in [1.29, 1.82) is 0 Å². The maximum atomic E-state index is 3.39. The van der Waals surface area contributed by atoms with Crippen molar-refractivity contribution in [1.82, 2.24) is 0 Å². The SMILES string of the molecule is CCCCCCCCCCCCC1=[C-]CC=C1.CCCCCCCCCCCCC1=[C-]CC=C1.[Ti+2]. The maximum absolute atomic E-state index is 3.39. The van der Waals surface area contributed by atoms with Crippen molar-refractivity contribution in [3.05, 3.63) is 47.6 Å². The molecule has 2 aliphatic rings. The van der Waals surface area contributed by atoms with Crippen molar-refractivity contribution in [2.24, 2.45) is 0 Å². The molecule has 0 unspecified atom stereocenters. The molecule has 0 aromatic rings. The minimum atomic E-state index is 0. The number of hydrogen-bond acceptors (Lipinski definition) is 0. The summed E-state index contributed by atoms with van der Waals surface area (Å²) < 4.78 is 0. The van der Waals surface area contributed by atoms with Gasteiger partial charge in [0.05, 0.1) is 0 Å². The van der Waals surface area contributed by atoms with Gasteiger partial charge in [-0.15, -0.1) is 12.8 Å². The fraction of sp³-hybridized carbons (Fsp3) is 0.765. The Hall–Kier alpha value is -0.326. The topological polar surface area (TPSA) is 0 Å². The van der Waals surface area contributed by atoms with Crippen LogP contribution < -0.4 is 0 Å². The summed E-state index contributed by atoms with van der Waals surface area (Å²) in [5.41, 5.74) is 2.90. The van der Waals surface area contributed by atoms with Gasteiger partial charge in [-0.25, -0.2) is 23.3 Å². The van der Waals surface area contributed by atoms with Gasteiger partial charge in [-0.3, -0.25) is 12.2 Å². The molecule has 2 aliphatic carbocycles. The molecule has 0 aromatic carbocycles. The van der Waals surface area contributed by atoms with Crippen molar-refractivity contribution in [2.75, 3.05) is 0 Å². The van der Waals surface area contributed by atoms with Crippen molar-refractivity contribution in [3.63, 3.8) is 0 Å². The molecule has 0 saturated carbocycles. The minimum absolute atomic E-state index is 0. The minimum Gasteiger partial charge on any atom is -0.269 e. The Morgan fingerprint density at radius 2 is 0.743 bits per heavy atom. The van der Waals surface area contributed by atoms with E-state index in [2.05, 4.69) is 50.3 Å². The summed E-state index contributed by atoms with van der Waals surface area (Å²) >= 11 is 0. The molecule has 0 nitrogen and oxygen atoms in total. The second-order valence-electron chi connectivity index (χ2n) is 10.5. The van der Waals surface area contributed by atoms with E-state index in [1.165, 1.54) is 152 Å². The van der Waals surface area contributed by atoms with E-state index < -0.39 is 0 Å². The summed E-state index contributed by atoms with van der Waals surface area (Å²) in [5, 5.41) is 0. The number of allylic oxidation sites excluding steroid dienone is 8. The van der Waals surface area contributed by atoms with Crippen LogP contribution in [0.15, 0.2) is 35.5 Å². The fourth-order valence-corrected chi connectivity index (χ4v) is 4.85. The Kier molecular flexibility index (Phi) is 28.0. The summed E-state index contributed by atoms with van der Waals surface area (Å²) in [6.07, 6.45) is 48.9. The first kappa shape index (κ1) is 34.7. The quantitative estimate of drug-likeness (QED) is 0.0765. The summed E-state index contributed by atoms with van der Waals surface area (Å²) in [5.74, 6) is 0. The first-order valence-electron chi connectivity index (χ1n) is 15.4. The van der Waals surface area contributed by atoms with E-state index in [1.54, 1.807) is 0 Å². The molecule has 0 heterocycles. The molecule has 0 fully saturated rings. The van der Waals surface area contributed by atoms with E-state index in [0.29, 0.717) is 0 Å². The van der Waals surface area contributed by atoms with Crippen LogP contribution in [0.5, 0.6) is 0 Å². The summed E-state index contributed by atoms with van der Waals surface area (Å²) in [6, 6.07) is 0. The molecule has 0 atom stereocenters. The van der Waals surface area contributed by atoms with Crippen molar-refractivity contribution in [2.45, 2.75) is 168 Å². The van der Waals surface area contributed by atoms with Gasteiger partial charge in [0.15, 0.2) is 0 Å². The van der Waals surface area contributed by atoms with Crippen LogP contribution in [0, 0.1) is 12.2 Å². The molecular formula is C34H58Ti. The molecule has 0 amide bonds. The van der Waals surface area contributed by atoms with Crippen LogP contribution in [0.1, 0.15) is 168 Å². The zero-order chi connectivity index (χ0) is 24.4. The molecule has 1 heteroatoms. The van der Waals surface area contributed by atoms with Crippen LogP contribution in [-0.2, 0) is 21.7 Å². The van der Waals surface area contributed by atoms with E-state index in [4.69, 9.17) is 0 Å². The van der Waals surface area contributed by atoms with Crippen LogP contribution in [0.25, 0.3) is 0 Å². The predicted molar refractivity (Wildman–Crippen MR) is 154 cm³/mol. The molecule has 0 N–H and O–H groups in total. The molecule has 0 saturated heterocycles. The van der Waals surface area contributed by atoms with Gasteiger partial charge in [0.25, 0.3) is 0 Å². The van der Waals surface area contributed by atoms with Crippen molar-refractivity contribution < 1.29 is 21.7 Å². The van der Waals surface area contributed by atoms with Gasteiger partial charge in [0, 0.05) is 0 Å². The third kappa shape index (κ3) is 23.8. The molecule has 0 radical (unpaired) electrons. The summed E-state index contributed by atoms with van der Waals surface area (Å²) in [7, 11) is 0. The van der Waals surface area contributed by atoms with Crippen LogP contribution in [-0.4, -0.2) is 0 Å². The number of unbranched alkanes of at least 4 members (excludes halogenated alkanes) is 18. The van der Waals surface area contributed by atoms with E-state index in [1.807, 2.05) is 0 Å². The van der Waals surface area contributed by atoms with Crippen molar-refractivity contribution >= 4 is 0 Å². The third-order valence-electron chi connectivity index (χ3n) is 7.13. The average Bonchev–Trinajstić information content (AvgIpc) is 3.56. The molecular weight excluding hydrogens is 456 g/mol. The zero-order valence-electron chi connectivity index (χ0n) is 23.8. The van der Waals surface area contributed by atoms with Gasteiger partial charge in [-0.1, -0.05) is 155 Å². The molecule has 0 bridgehead atoms. The van der Waals surface area contributed by atoms with E-state index in [9.17, 15) is 0 Å². The molecule has 2 rings (SSSR count). The predicted octanol–water partition coefficient (Wildman–Crippen LogP) is 12.0. The van der Waals surface area contributed by atoms with Crippen LogP contribution in [0.4, 0.5) is 0 Å². The van der Waals surface area contributed by atoms with E-state index in [-0.39, 0.29) is 21.7 Å². The summed E-state index contributed by atoms with van der Waals surface area (Å²) in [4.78, 5) is 0. The van der Waals surface area contributed by atoms with Gasteiger partial charge >= 0.3 is 21.7 Å². The van der Waals surface area contributed by atoms with E-state index in [0.717, 1.165) is 12.8 Å². The zero-order valence-corrected chi connectivity index (χ0v) is 25.3. The van der Waals surface area contributed by atoms with E-state index >= 15 is 0 Å². The molecule has 0 aromatic heterocycles. The fourth-order valence-electron chi connectivity index (χ4n) is 4.85. The normalized spacial score (nSPS) is 13.9. The Bertz CT molecular complexity index is 501. The number of rotatable bonds is 22. The standard InChI is InChI=1S/2C17H29.Ti/c2*1-2-3-4-5-6-7-8-9-10-11-14-17-15-12-13-16-17;/h2*12,15H,2-11,13-14H2,1H3;/q2*-1;+2. The van der Waals surface area contributed by atoms with Crippen LogP contribution >= 0.6 is 0 Å². The van der Waals surface area contributed by atoms with Crippen molar-refractivity contribution in [3.8, 4) is 0 Å². The van der Waals surface area contributed by atoms with Crippen LogP contribution in [0.3, 0.4) is 0 Å². The smallest absolute Gasteiger partial charge is 0.269 e. The van der Waals surface area contributed by atoms with Gasteiger partial charge in [-0.2, -0.15) is 12.2 Å². The molecule has 35 heavy (non-hydrogen) atoms. The largest absolute Gasteiger partial charge is 2.00 e. The van der Waals surface area contributed by atoms with Gasteiger partial charge in [0.1, 0.15) is 0 Å². The second kappa shape index (κ2) is 28.2. The monoisotopic (exact) mass is 514 g/mol. The Morgan fingerprint density at radius 3 is 1.00 bits per heavy atom. The first-order valence-corrected chi connectivity index (χ1v) is 15.4. The molecule has 0 spiro atoms. The van der Waals surface area contributed by atoms with Gasteiger partial charge < -0.3 is 0 Å². The molecule has 0 aliphatic heterocycles. The van der Waals surface area contributed by atoms with Gasteiger partial charge in [0.2, 0.25) is 0 Å². The first-order chi connectivity index (χ1) is 16.9. The Balaban J connectivity index is 0.000000642.